The van der Waals surface area contributed by atoms with Crippen LogP contribution in [0.25, 0.3) is 0 Å². The molecule has 15 heavy (non-hydrogen) atoms. The molecule has 0 spiro atoms. The minimum atomic E-state index is -0.894. The van der Waals surface area contributed by atoms with Crippen LogP contribution >= 0.6 is 11.8 Å². The van der Waals surface area contributed by atoms with E-state index < -0.39 is 5.97 Å². The van der Waals surface area contributed by atoms with Gasteiger partial charge in [0.05, 0.1) is 6.42 Å². The van der Waals surface area contributed by atoms with Crippen molar-refractivity contribution in [3.63, 3.8) is 0 Å². The standard InChI is InChI=1S/C10H11NO3S/c12-9(13)6-7-15-10(14)11-8-4-2-1-3-5-8/h1-5H,6-7H2,(H,11,14)(H,12,13). The molecule has 0 atom stereocenters. The summed E-state index contributed by atoms with van der Waals surface area (Å²) in [5, 5.41) is 10.8. The van der Waals surface area contributed by atoms with Crippen LogP contribution in [0.1, 0.15) is 6.42 Å². The van der Waals surface area contributed by atoms with Crippen molar-refractivity contribution < 1.29 is 14.7 Å². The molecule has 0 saturated heterocycles. The molecule has 2 N–H and O–H groups in total. The summed E-state index contributed by atoms with van der Waals surface area (Å²) in [6, 6.07) is 9.04. The van der Waals surface area contributed by atoms with Gasteiger partial charge in [0, 0.05) is 11.4 Å². The van der Waals surface area contributed by atoms with Crippen LogP contribution in [0.2, 0.25) is 0 Å². The van der Waals surface area contributed by atoms with Crippen molar-refractivity contribution in [2.75, 3.05) is 11.1 Å². The molecule has 0 unspecified atom stereocenters. The van der Waals surface area contributed by atoms with Crippen molar-refractivity contribution >= 4 is 28.7 Å². The molecule has 80 valence electrons. The number of carboxylic acid groups (broad SMARTS) is 1. The molecule has 0 aliphatic rings. The highest BCUT2D eigenvalue weighted by Crippen LogP contribution is 2.11. The van der Waals surface area contributed by atoms with Crippen molar-refractivity contribution in [2.24, 2.45) is 0 Å². The summed E-state index contributed by atoms with van der Waals surface area (Å²) in [5.41, 5.74) is 0.713. The van der Waals surface area contributed by atoms with E-state index in [9.17, 15) is 9.59 Å². The topological polar surface area (TPSA) is 66.4 Å². The average Bonchev–Trinajstić information content (AvgIpc) is 2.18. The van der Waals surface area contributed by atoms with Crippen LogP contribution in [0.5, 0.6) is 0 Å². The normalized spacial score (nSPS) is 9.60. The number of para-hydroxylation sites is 1. The molecule has 1 aromatic carbocycles. The number of amides is 1. The van der Waals surface area contributed by atoms with Gasteiger partial charge in [-0.1, -0.05) is 30.0 Å². The molecule has 0 saturated carbocycles. The van der Waals surface area contributed by atoms with Crippen LogP contribution in [0.4, 0.5) is 10.5 Å². The number of aliphatic carboxylic acids is 1. The van der Waals surface area contributed by atoms with Crippen LogP contribution in [0.15, 0.2) is 30.3 Å². The first-order valence-electron chi connectivity index (χ1n) is 4.39. The van der Waals surface area contributed by atoms with Crippen molar-refractivity contribution in [1.29, 1.82) is 0 Å². The second-order valence-electron chi connectivity index (χ2n) is 2.77. The first kappa shape index (κ1) is 11.6. The van der Waals surface area contributed by atoms with E-state index in [1.807, 2.05) is 18.2 Å². The maximum Gasteiger partial charge on any atom is 0.304 e. The maximum absolute atomic E-state index is 11.3. The zero-order valence-corrected chi connectivity index (χ0v) is 8.79. The molecule has 0 heterocycles. The summed E-state index contributed by atoms with van der Waals surface area (Å²) in [6.07, 6.45) is -0.00707. The molecular formula is C10H11NO3S. The zero-order chi connectivity index (χ0) is 11.1. The first-order chi connectivity index (χ1) is 7.18. The molecule has 0 aromatic heterocycles. The summed E-state index contributed by atoms with van der Waals surface area (Å²) >= 11 is 0.969. The highest BCUT2D eigenvalue weighted by atomic mass is 32.2. The van der Waals surface area contributed by atoms with Gasteiger partial charge >= 0.3 is 5.97 Å². The van der Waals surface area contributed by atoms with Gasteiger partial charge < -0.3 is 10.4 Å². The average molecular weight is 225 g/mol. The lowest BCUT2D eigenvalue weighted by atomic mass is 10.3. The Morgan fingerprint density at radius 2 is 1.93 bits per heavy atom. The summed E-state index contributed by atoms with van der Waals surface area (Å²) < 4.78 is 0. The Bertz CT molecular complexity index is 340. The maximum atomic E-state index is 11.3. The third kappa shape index (κ3) is 5.07. The van der Waals surface area contributed by atoms with Gasteiger partial charge in [-0.25, -0.2) is 0 Å². The van der Waals surface area contributed by atoms with Gasteiger partial charge in [-0.15, -0.1) is 0 Å². The summed E-state index contributed by atoms with van der Waals surface area (Å²) in [5.74, 6) is -0.608. The number of benzene rings is 1. The first-order valence-corrected chi connectivity index (χ1v) is 5.37. The van der Waals surface area contributed by atoms with E-state index in [0.717, 1.165) is 11.8 Å². The predicted octanol–water partition coefficient (Wildman–Crippen LogP) is 2.43. The Morgan fingerprint density at radius 3 is 2.53 bits per heavy atom. The van der Waals surface area contributed by atoms with E-state index >= 15 is 0 Å². The van der Waals surface area contributed by atoms with Crippen LogP contribution in [0, 0.1) is 0 Å². The summed E-state index contributed by atoms with van der Waals surface area (Å²) in [4.78, 5) is 21.4. The van der Waals surface area contributed by atoms with Crippen molar-refractivity contribution in [1.82, 2.24) is 0 Å². The number of hydrogen-bond donors (Lipinski definition) is 2. The third-order valence-corrected chi connectivity index (χ3v) is 2.34. The van der Waals surface area contributed by atoms with Crippen molar-refractivity contribution in [3.05, 3.63) is 30.3 Å². The minimum Gasteiger partial charge on any atom is -0.481 e. The molecule has 0 radical (unpaired) electrons. The molecule has 1 rings (SSSR count). The number of carbonyl (C=O) groups is 2. The predicted molar refractivity (Wildman–Crippen MR) is 60.2 cm³/mol. The van der Waals surface area contributed by atoms with Gasteiger partial charge in [0.15, 0.2) is 0 Å². The van der Waals surface area contributed by atoms with Crippen LogP contribution in [0.3, 0.4) is 0 Å². The number of carboxylic acids is 1. The number of carbonyl (C=O) groups excluding carboxylic acids is 1. The fourth-order valence-electron chi connectivity index (χ4n) is 0.906. The van der Waals surface area contributed by atoms with Gasteiger partial charge in [-0.2, -0.15) is 0 Å². The number of nitrogens with one attached hydrogen (secondary N) is 1. The summed E-state index contributed by atoms with van der Waals surface area (Å²) in [7, 11) is 0. The number of thioether (sulfide) groups is 1. The van der Waals surface area contributed by atoms with Gasteiger partial charge in [-0.3, -0.25) is 9.59 Å². The Kier molecular flexibility index (Phi) is 4.70. The van der Waals surface area contributed by atoms with Gasteiger partial charge in [-0.05, 0) is 12.1 Å². The number of anilines is 1. The minimum absolute atomic E-state index is 0.00707. The molecule has 0 fully saturated rings. The molecule has 0 bridgehead atoms. The van der Waals surface area contributed by atoms with E-state index in [0.29, 0.717) is 5.69 Å². The second kappa shape index (κ2) is 6.08. The fraction of sp³-hybridized carbons (Fsp3) is 0.200. The Balaban J connectivity index is 2.28. The number of hydrogen-bond acceptors (Lipinski definition) is 3. The quantitative estimate of drug-likeness (QED) is 0.825. The Hall–Kier alpha value is -1.49. The van der Waals surface area contributed by atoms with E-state index in [1.54, 1.807) is 12.1 Å². The largest absolute Gasteiger partial charge is 0.481 e. The fourth-order valence-corrected chi connectivity index (χ4v) is 1.56. The number of rotatable bonds is 4. The molecule has 0 aliphatic carbocycles. The molecule has 1 aromatic rings. The lowest BCUT2D eigenvalue weighted by molar-refractivity contribution is -0.136. The second-order valence-corrected chi connectivity index (χ2v) is 3.84. The van der Waals surface area contributed by atoms with E-state index in [2.05, 4.69) is 5.32 Å². The van der Waals surface area contributed by atoms with Crippen molar-refractivity contribution in [3.8, 4) is 0 Å². The van der Waals surface area contributed by atoms with Gasteiger partial charge in [0.25, 0.3) is 5.24 Å². The summed E-state index contributed by atoms with van der Waals surface area (Å²) in [6.45, 7) is 0. The van der Waals surface area contributed by atoms with Crippen molar-refractivity contribution in [2.45, 2.75) is 6.42 Å². The SMILES string of the molecule is O=C(O)CCSC(=O)Nc1ccccc1. The lowest BCUT2D eigenvalue weighted by Gasteiger charge is -2.02. The highest BCUT2D eigenvalue weighted by Gasteiger charge is 2.04. The molecular weight excluding hydrogens is 214 g/mol. The third-order valence-electron chi connectivity index (χ3n) is 1.57. The van der Waals surface area contributed by atoms with Crippen LogP contribution in [-0.2, 0) is 4.79 Å². The van der Waals surface area contributed by atoms with E-state index in [-0.39, 0.29) is 17.4 Å². The van der Waals surface area contributed by atoms with Crippen LogP contribution < -0.4 is 5.32 Å². The Morgan fingerprint density at radius 1 is 1.27 bits per heavy atom. The highest BCUT2D eigenvalue weighted by molar-refractivity contribution is 8.13. The molecule has 0 aliphatic heterocycles. The monoisotopic (exact) mass is 225 g/mol. The molecule has 5 heteroatoms. The van der Waals surface area contributed by atoms with Gasteiger partial charge in [0.2, 0.25) is 0 Å². The van der Waals surface area contributed by atoms with Crippen LogP contribution in [-0.4, -0.2) is 22.1 Å². The Labute approximate surface area is 91.7 Å². The smallest absolute Gasteiger partial charge is 0.304 e. The molecule has 4 nitrogen and oxygen atoms in total. The van der Waals surface area contributed by atoms with Gasteiger partial charge in [0.1, 0.15) is 0 Å². The lowest BCUT2D eigenvalue weighted by Crippen LogP contribution is -2.06. The van der Waals surface area contributed by atoms with E-state index in [1.165, 1.54) is 0 Å². The molecule has 1 amide bonds. The van der Waals surface area contributed by atoms with E-state index in [4.69, 9.17) is 5.11 Å². The zero-order valence-electron chi connectivity index (χ0n) is 7.97.